The minimum Gasteiger partial charge on any atom is -0.373 e. The second-order valence-corrected chi connectivity index (χ2v) is 7.54. The number of halogens is 1. The molecule has 1 amide bonds. The summed E-state index contributed by atoms with van der Waals surface area (Å²) >= 11 is 0. The summed E-state index contributed by atoms with van der Waals surface area (Å²) in [5.41, 5.74) is 2.71. The summed E-state index contributed by atoms with van der Waals surface area (Å²) in [5.74, 6) is 0.953. The number of hydrogen-bond donors (Lipinski definition) is 1. The molecule has 7 heteroatoms. The van der Waals surface area contributed by atoms with Crippen molar-refractivity contribution in [2.45, 2.75) is 25.7 Å². The van der Waals surface area contributed by atoms with E-state index in [2.05, 4.69) is 15.3 Å². The Labute approximate surface area is 175 Å². The van der Waals surface area contributed by atoms with Gasteiger partial charge in [-0.2, -0.15) is 0 Å². The van der Waals surface area contributed by atoms with Crippen molar-refractivity contribution in [2.24, 2.45) is 0 Å². The number of anilines is 1. The number of aromatic nitrogens is 3. The quantitative estimate of drug-likeness (QED) is 0.709. The minimum atomic E-state index is -0.356. The van der Waals surface area contributed by atoms with Gasteiger partial charge in [-0.15, -0.1) is 0 Å². The van der Waals surface area contributed by atoms with Gasteiger partial charge >= 0.3 is 0 Å². The smallest absolute Gasteiger partial charge is 0.253 e. The molecule has 0 aliphatic carbocycles. The molecule has 4 rings (SSSR count). The molecule has 0 bridgehead atoms. The van der Waals surface area contributed by atoms with Gasteiger partial charge in [0.25, 0.3) is 5.91 Å². The van der Waals surface area contributed by atoms with Gasteiger partial charge in [0, 0.05) is 55.6 Å². The van der Waals surface area contributed by atoms with Crippen LogP contribution in [0.5, 0.6) is 0 Å². The van der Waals surface area contributed by atoms with E-state index in [0.29, 0.717) is 30.0 Å². The predicted molar refractivity (Wildman–Crippen MR) is 114 cm³/mol. The molecule has 0 radical (unpaired) electrons. The van der Waals surface area contributed by atoms with Crippen LogP contribution in [0.2, 0.25) is 0 Å². The lowest BCUT2D eigenvalue weighted by Gasteiger charge is -2.33. The van der Waals surface area contributed by atoms with E-state index in [-0.39, 0.29) is 17.6 Å². The number of hydrogen-bond acceptors (Lipinski definition) is 5. The van der Waals surface area contributed by atoms with E-state index in [9.17, 15) is 9.18 Å². The molecule has 30 heavy (non-hydrogen) atoms. The molecular weight excluding hydrogens is 381 g/mol. The molecule has 1 fully saturated rings. The molecule has 0 saturated carbocycles. The van der Waals surface area contributed by atoms with Crippen LogP contribution < -0.4 is 5.32 Å². The fraction of sp³-hybridized carbons (Fsp3) is 0.304. The molecule has 1 saturated heterocycles. The van der Waals surface area contributed by atoms with Crippen molar-refractivity contribution in [2.75, 3.05) is 25.5 Å². The Morgan fingerprint density at radius 3 is 2.70 bits per heavy atom. The van der Waals surface area contributed by atoms with Crippen molar-refractivity contribution in [1.82, 2.24) is 19.9 Å². The number of aryl methyl sites for hydroxylation is 1. The molecule has 0 spiro atoms. The zero-order valence-electron chi connectivity index (χ0n) is 17.1. The Morgan fingerprint density at radius 1 is 1.17 bits per heavy atom. The van der Waals surface area contributed by atoms with Gasteiger partial charge in [0.2, 0.25) is 0 Å². The van der Waals surface area contributed by atoms with E-state index in [1.165, 1.54) is 6.07 Å². The fourth-order valence-electron chi connectivity index (χ4n) is 3.74. The van der Waals surface area contributed by atoms with Crippen LogP contribution in [0.3, 0.4) is 0 Å². The summed E-state index contributed by atoms with van der Waals surface area (Å²) in [4.78, 5) is 28.2. The Hall–Kier alpha value is -3.35. The number of rotatable bonds is 4. The van der Waals surface area contributed by atoms with Crippen molar-refractivity contribution >= 4 is 11.7 Å². The molecule has 1 aliphatic heterocycles. The number of piperidine rings is 1. The second-order valence-electron chi connectivity index (χ2n) is 7.54. The number of pyridine rings is 1. The highest BCUT2D eigenvalue weighted by Gasteiger charge is 2.27. The highest BCUT2D eigenvalue weighted by Crippen LogP contribution is 2.29. The third-order valence-corrected chi connectivity index (χ3v) is 5.49. The molecule has 2 aromatic heterocycles. The standard InChI is InChI=1S/C23H24FN5O/c1-15-5-6-17(12-19(15)24)23(30)29-11-3-4-18(14-29)20-13-21(25-2)28-22(27-20)16-7-9-26-10-8-16/h5-10,12-13,18H,3-4,11,14H2,1-2H3,(H,25,27,28)/t18-/m0/s1. The normalized spacial score (nSPS) is 16.4. The number of carbonyl (C=O) groups is 1. The van der Waals surface area contributed by atoms with Crippen LogP contribution in [0.1, 0.15) is 40.4 Å². The highest BCUT2D eigenvalue weighted by atomic mass is 19.1. The van der Waals surface area contributed by atoms with Gasteiger partial charge in [-0.25, -0.2) is 14.4 Å². The molecule has 1 N–H and O–H groups in total. The monoisotopic (exact) mass is 405 g/mol. The van der Waals surface area contributed by atoms with Gasteiger partial charge in [-0.3, -0.25) is 9.78 Å². The maximum atomic E-state index is 13.9. The van der Waals surface area contributed by atoms with Crippen LogP contribution in [0, 0.1) is 12.7 Å². The molecule has 3 aromatic rings. The first-order valence-corrected chi connectivity index (χ1v) is 10.1. The van der Waals surface area contributed by atoms with E-state index < -0.39 is 0 Å². The zero-order valence-corrected chi connectivity index (χ0v) is 17.1. The van der Waals surface area contributed by atoms with Crippen LogP contribution in [-0.2, 0) is 0 Å². The van der Waals surface area contributed by atoms with Crippen molar-refractivity contribution in [3.63, 3.8) is 0 Å². The number of nitrogens with one attached hydrogen (secondary N) is 1. The van der Waals surface area contributed by atoms with Crippen LogP contribution in [0.25, 0.3) is 11.4 Å². The lowest BCUT2D eigenvalue weighted by atomic mass is 9.93. The zero-order chi connectivity index (χ0) is 21.1. The maximum absolute atomic E-state index is 13.9. The average molecular weight is 405 g/mol. The third-order valence-electron chi connectivity index (χ3n) is 5.49. The minimum absolute atomic E-state index is 0.0914. The average Bonchev–Trinajstić information content (AvgIpc) is 2.80. The summed E-state index contributed by atoms with van der Waals surface area (Å²) in [6, 6.07) is 10.4. The second kappa shape index (κ2) is 8.57. The lowest BCUT2D eigenvalue weighted by molar-refractivity contribution is 0.0705. The topological polar surface area (TPSA) is 71.0 Å². The van der Waals surface area contributed by atoms with Gasteiger partial charge in [0.1, 0.15) is 11.6 Å². The number of nitrogens with zero attached hydrogens (tertiary/aromatic N) is 4. The highest BCUT2D eigenvalue weighted by molar-refractivity contribution is 5.94. The largest absolute Gasteiger partial charge is 0.373 e. The van der Waals surface area contributed by atoms with Gasteiger partial charge in [-0.1, -0.05) is 6.07 Å². The van der Waals surface area contributed by atoms with E-state index in [0.717, 1.165) is 29.9 Å². The number of likely N-dealkylation sites (tertiary alicyclic amines) is 1. The SMILES string of the molecule is CNc1cc([C@H]2CCCN(C(=O)c3ccc(C)c(F)c3)C2)nc(-c2ccncc2)n1. The molecule has 1 aliphatic rings. The first-order chi connectivity index (χ1) is 14.5. The van der Waals surface area contributed by atoms with Crippen LogP contribution >= 0.6 is 0 Å². The summed E-state index contributed by atoms with van der Waals surface area (Å²) in [5, 5.41) is 3.10. The third kappa shape index (κ3) is 4.15. The van der Waals surface area contributed by atoms with Crippen molar-refractivity contribution in [3.8, 4) is 11.4 Å². The first-order valence-electron chi connectivity index (χ1n) is 10.1. The Morgan fingerprint density at radius 2 is 1.97 bits per heavy atom. The summed E-state index contributed by atoms with van der Waals surface area (Å²) < 4.78 is 13.9. The molecule has 3 heterocycles. The van der Waals surface area contributed by atoms with Crippen molar-refractivity contribution in [3.05, 3.63) is 71.4 Å². The van der Waals surface area contributed by atoms with E-state index in [4.69, 9.17) is 4.98 Å². The number of carbonyl (C=O) groups excluding carboxylic acids is 1. The molecule has 1 atom stereocenters. The van der Waals surface area contributed by atoms with Gasteiger partial charge in [-0.05, 0) is 49.6 Å². The summed E-state index contributed by atoms with van der Waals surface area (Å²) in [6.45, 7) is 2.89. The summed E-state index contributed by atoms with van der Waals surface area (Å²) in [6.07, 6.45) is 5.23. The Bertz CT molecular complexity index is 1060. The number of benzene rings is 1. The van der Waals surface area contributed by atoms with Crippen LogP contribution in [-0.4, -0.2) is 45.9 Å². The van der Waals surface area contributed by atoms with Gasteiger partial charge in [0.05, 0.1) is 5.69 Å². The Kier molecular flexibility index (Phi) is 5.70. The van der Waals surface area contributed by atoms with Crippen molar-refractivity contribution in [1.29, 1.82) is 0 Å². The number of amides is 1. The van der Waals surface area contributed by atoms with Crippen LogP contribution in [0.4, 0.5) is 10.2 Å². The van der Waals surface area contributed by atoms with Crippen molar-refractivity contribution < 1.29 is 9.18 Å². The molecule has 154 valence electrons. The molecule has 0 unspecified atom stereocenters. The molecule has 6 nitrogen and oxygen atoms in total. The van der Waals surface area contributed by atoms with Gasteiger partial charge < -0.3 is 10.2 Å². The fourth-order valence-corrected chi connectivity index (χ4v) is 3.74. The van der Waals surface area contributed by atoms with E-state index >= 15 is 0 Å². The predicted octanol–water partition coefficient (Wildman–Crippen LogP) is 4.05. The molecular formula is C23H24FN5O. The summed E-state index contributed by atoms with van der Waals surface area (Å²) in [7, 11) is 1.82. The molecule has 1 aromatic carbocycles. The maximum Gasteiger partial charge on any atom is 0.253 e. The Balaban J connectivity index is 1.60. The van der Waals surface area contributed by atoms with E-state index in [1.807, 2.05) is 25.2 Å². The van der Waals surface area contributed by atoms with Crippen LogP contribution in [0.15, 0.2) is 48.8 Å². The van der Waals surface area contributed by atoms with E-state index in [1.54, 1.807) is 36.4 Å². The first kappa shape index (κ1) is 19.9. The lowest BCUT2D eigenvalue weighted by Crippen LogP contribution is -2.39. The van der Waals surface area contributed by atoms with Gasteiger partial charge in [0.15, 0.2) is 5.82 Å².